The number of hydrogen-bond donors (Lipinski definition) is 1. The van der Waals surface area contributed by atoms with E-state index in [1.165, 1.54) is 10.5 Å². The highest BCUT2D eigenvalue weighted by molar-refractivity contribution is 6.06. The summed E-state index contributed by atoms with van der Waals surface area (Å²) < 4.78 is 5.21. The first-order valence-electron chi connectivity index (χ1n) is 8.92. The quantitative estimate of drug-likeness (QED) is 0.802. The second-order valence-electron chi connectivity index (χ2n) is 7.40. The Labute approximate surface area is 149 Å². The molecule has 0 saturated carbocycles. The second-order valence-corrected chi connectivity index (χ2v) is 7.40. The third kappa shape index (κ3) is 3.79. The van der Waals surface area contributed by atoms with Crippen LogP contribution in [0.3, 0.4) is 0 Å². The fraction of sp³-hybridized carbons (Fsp3) is 0.579. The predicted molar refractivity (Wildman–Crippen MR) is 95.6 cm³/mol. The maximum atomic E-state index is 12.3. The maximum Gasteiger partial charge on any atom is 0.325 e. The Hall–Kier alpha value is -2.08. The van der Waals surface area contributed by atoms with Crippen LogP contribution in [0.5, 0.6) is 5.75 Å². The average Bonchev–Trinajstić information content (AvgIpc) is 3.09. The van der Waals surface area contributed by atoms with Crippen molar-refractivity contribution in [3.05, 3.63) is 29.8 Å². The highest BCUT2D eigenvalue weighted by Crippen LogP contribution is 2.23. The Kier molecular flexibility index (Phi) is 4.99. The van der Waals surface area contributed by atoms with Crippen molar-refractivity contribution >= 4 is 11.9 Å². The molecule has 2 aliphatic heterocycles. The number of methoxy groups -OCH3 is 1. The molecule has 0 bridgehead atoms. The first-order chi connectivity index (χ1) is 11.9. The third-order valence-corrected chi connectivity index (χ3v) is 5.18. The minimum Gasteiger partial charge on any atom is -0.497 e. The molecule has 1 atom stereocenters. The van der Waals surface area contributed by atoms with E-state index in [9.17, 15) is 9.59 Å². The van der Waals surface area contributed by atoms with E-state index in [1.54, 1.807) is 21.0 Å². The molecule has 3 amide bonds. The number of hydrogen-bond acceptors (Lipinski definition) is 4. The van der Waals surface area contributed by atoms with Gasteiger partial charge in [-0.25, -0.2) is 4.79 Å². The molecule has 6 nitrogen and oxygen atoms in total. The summed E-state index contributed by atoms with van der Waals surface area (Å²) >= 11 is 0. The van der Waals surface area contributed by atoms with E-state index >= 15 is 0 Å². The summed E-state index contributed by atoms with van der Waals surface area (Å²) in [5, 5.41) is 2.74. The minimum atomic E-state index is -0.787. The first-order valence-corrected chi connectivity index (χ1v) is 8.92. The van der Waals surface area contributed by atoms with Crippen LogP contribution in [-0.2, 0) is 11.2 Å². The van der Waals surface area contributed by atoms with Crippen molar-refractivity contribution in [3.63, 3.8) is 0 Å². The number of nitrogens with one attached hydrogen (secondary N) is 1. The van der Waals surface area contributed by atoms with Gasteiger partial charge in [0.15, 0.2) is 0 Å². The Morgan fingerprint density at radius 3 is 2.52 bits per heavy atom. The molecule has 0 aromatic heterocycles. The lowest BCUT2D eigenvalue weighted by molar-refractivity contribution is -0.130. The number of ether oxygens (including phenoxy) is 1. The van der Waals surface area contributed by atoms with Gasteiger partial charge >= 0.3 is 6.03 Å². The van der Waals surface area contributed by atoms with E-state index in [2.05, 4.69) is 22.3 Å². The van der Waals surface area contributed by atoms with Crippen LogP contribution in [0.15, 0.2) is 24.3 Å². The average molecular weight is 345 g/mol. The van der Waals surface area contributed by atoms with E-state index in [4.69, 9.17) is 4.74 Å². The van der Waals surface area contributed by atoms with Gasteiger partial charge < -0.3 is 10.1 Å². The number of rotatable bonds is 6. The van der Waals surface area contributed by atoms with Gasteiger partial charge in [0.25, 0.3) is 5.91 Å². The van der Waals surface area contributed by atoms with Gasteiger partial charge in [-0.2, -0.15) is 0 Å². The standard InChI is InChI=1S/C19H27N3O3/c1-19(2)17(23)22(18(24)20-19)12-11-21-10-4-5-15(21)13-14-6-8-16(25-3)9-7-14/h6-9,15H,4-5,10-13H2,1-3H3,(H,20,24)/t15-/m1/s1. The van der Waals surface area contributed by atoms with Crippen LogP contribution in [0.2, 0.25) is 0 Å². The van der Waals surface area contributed by atoms with Gasteiger partial charge in [-0.1, -0.05) is 12.1 Å². The topological polar surface area (TPSA) is 61.9 Å². The highest BCUT2D eigenvalue weighted by atomic mass is 16.5. The Balaban J connectivity index is 1.57. The molecule has 3 rings (SSSR count). The molecule has 1 aromatic carbocycles. The summed E-state index contributed by atoms with van der Waals surface area (Å²) in [6.07, 6.45) is 3.29. The number of nitrogens with zero attached hydrogens (tertiary/aromatic N) is 2. The lowest BCUT2D eigenvalue weighted by atomic mass is 10.0. The molecule has 0 radical (unpaired) electrons. The van der Waals surface area contributed by atoms with Gasteiger partial charge in [0.2, 0.25) is 0 Å². The van der Waals surface area contributed by atoms with Crippen LogP contribution in [0, 0.1) is 0 Å². The van der Waals surface area contributed by atoms with Gasteiger partial charge in [-0.15, -0.1) is 0 Å². The van der Waals surface area contributed by atoms with Crippen molar-refractivity contribution < 1.29 is 14.3 Å². The maximum absolute atomic E-state index is 12.3. The molecule has 1 aromatic rings. The number of urea groups is 1. The number of amides is 3. The van der Waals surface area contributed by atoms with Crippen LogP contribution in [0.25, 0.3) is 0 Å². The van der Waals surface area contributed by atoms with E-state index in [-0.39, 0.29) is 11.9 Å². The molecule has 0 unspecified atom stereocenters. The van der Waals surface area contributed by atoms with E-state index in [0.29, 0.717) is 12.6 Å². The van der Waals surface area contributed by atoms with Crippen molar-refractivity contribution in [2.45, 2.75) is 44.7 Å². The van der Waals surface area contributed by atoms with Crippen LogP contribution in [0.4, 0.5) is 4.79 Å². The number of benzene rings is 1. The third-order valence-electron chi connectivity index (χ3n) is 5.18. The summed E-state index contributed by atoms with van der Waals surface area (Å²) in [5.74, 6) is 0.733. The van der Waals surface area contributed by atoms with Crippen molar-refractivity contribution in [1.29, 1.82) is 0 Å². The lowest BCUT2D eigenvalue weighted by Crippen LogP contribution is -2.43. The Bertz CT molecular complexity index is 642. The van der Waals surface area contributed by atoms with Crippen molar-refractivity contribution in [2.75, 3.05) is 26.7 Å². The molecule has 0 aliphatic carbocycles. The number of carbonyl (C=O) groups excluding carboxylic acids is 2. The SMILES string of the molecule is COc1ccc(C[C@H]2CCCN2CCN2C(=O)NC(C)(C)C2=O)cc1. The summed E-state index contributed by atoms with van der Waals surface area (Å²) in [4.78, 5) is 28.0. The van der Waals surface area contributed by atoms with Crippen molar-refractivity contribution in [2.24, 2.45) is 0 Å². The number of carbonyl (C=O) groups is 2. The lowest BCUT2D eigenvalue weighted by Gasteiger charge is -2.26. The molecule has 2 heterocycles. The summed E-state index contributed by atoms with van der Waals surface area (Å²) in [5.41, 5.74) is 0.499. The van der Waals surface area contributed by atoms with Crippen LogP contribution >= 0.6 is 0 Å². The van der Waals surface area contributed by atoms with Gasteiger partial charge in [-0.05, 0) is 57.4 Å². The van der Waals surface area contributed by atoms with E-state index < -0.39 is 5.54 Å². The molecule has 0 spiro atoms. The monoisotopic (exact) mass is 345 g/mol. The van der Waals surface area contributed by atoms with Crippen LogP contribution in [-0.4, -0.2) is 60.1 Å². The normalized spacial score (nSPS) is 23.2. The zero-order chi connectivity index (χ0) is 18.0. The van der Waals surface area contributed by atoms with Gasteiger partial charge in [0.05, 0.1) is 7.11 Å². The summed E-state index contributed by atoms with van der Waals surface area (Å²) in [6, 6.07) is 8.38. The van der Waals surface area contributed by atoms with E-state index in [1.807, 2.05) is 12.1 Å². The molecular formula is C19H27N3O3. The van der Waals surface area contributed by atoms with Crippen molar-refractivity contribution in [3.8, 4) is 5.75 Å². The first kappa shape index (κ1) is 17.7. The van der Waals surface area contributed by atoms with Gasteiger partial charge in [-0.3, -0.25) is 14.6 Å². The molecule has 6 heteroatoms. The second kappa shape index (κ2) is 7.04. The van der Waals surface area contributed by atoms with Crippen molar-refractivity contribution in [1.82, 2.24) is 15.1 Å². The fourth-order valence-corrected chi connectivity index (χ4v) is 3.70. The van der Waals surface area contributed by atoms with Crippen LogP contribution < -0.4 is 10.1 Å². The summed E-state index contributed by atoms with van der Waals surface area (Å²) in [7, 11) is 1.67. The van der Waals surface area contributed by atoms with Crippen LogP contribution in [0.1, 0.15) is 32.3 Å². The molecular weight excluding hydrogens is 318 g/mol. The Morgan fingerprint density at radius 1 is 1.20 bits per heavy atom. The predicted octanol–water partition coefficient (Wildman–Crippen LogP) is 2.03. The zero-order valence-electron chi connectivity index (χ0n) is 15.2. The minimum absolute atomic E-state index is 0.136. The molecule has 2 saturated heterocycles. The molecule has 136 valence electrons. The number of imide groups is 1. The van der Waals surface area contributed by atoms with Gasteiger partial charge in [0, 0.05) is 19.1 Å². The number of likely N-dealkylation sites (tertiary alicyclic amines) is 1. The molecule has 25 heavy (non-hydrogen) atoms. The Morgan fingerprint density at radius 2 is 1.92 bits per heavy atom. The van der Waals surface area contributed by atoms with E-state index in [0.717, 1.165) is 38.1 Å². The zero-order valence-corrected chi connectivity index (χ0v) is 15.2. The summed E-state index contributed by atoms with van der Waals surface area (Å²) in [6.45, 7) is 5.70. The highest BCUT2D eigenvalue weighted by Gasteiger charge is 2.44. The molecule has 2 aliphatic rings. The largest absolute Gasteiger partial charge is 0.497 e. The smallest absolute Gasteiger partial charge is 0.325 e. The molecule has 2 fully saturated rings. The van der Waals surface area contributed by atoms with Gasteiger partial charge in [0.1, 0.15) is 11.3 Å². The fourth-order valence-electron chi connectivity index (χ4n) is 3.70. The molecule has 1 N–H and O–H groups in total.